The Hall–Kier alpha value is -0.940. The Balaban J connectivity index is 2.89. The third kappa shape index (κ3) is 2.02. The van der Waals surface area contributed by atoms with E-state index in [1.165, 1.54) is 6.20 Å². The standard InChI is InChI=1S/C6H6ClN3OS/c7-5-2-1-4(3-9-5)10(12)6(8)11/h1-3,12H,(H2,8,11). The van der Waals surface area contributed by atoms with Crippen LogP contribution in [0, 0.1) is 0 Å². The van der Waals surface area contributed by atoms with Crippen molar-refractivity contribution in [2.45, 2.75) is 0 Å². The van der Waals surface area contributed by atoms with E-state index >= 15 is 0 Å². The van der Waals surface area contributed by atoms with Crippen LogP contribution in [0.2, 0.25) is 5.15 Å². The number of nitrogens with two attached hydrogens (primary N) is 1. The summed E-state index contributed by atoms with van der Waals surface area (Å²) < 4.78 is 0.976. The van der Waals surface area contributed by atoms with Crippen molar-refractivity contribution in [1.82, 2.24) is 4.98 Å². The first kappa shape index (κ1) is 9.15. The van der Waals surface area contributed by atoms with E-state index in [-0.39, 0.29) is 0 Å². The lowest BCUT2D eigenvalue weighted by Gasteiger charge is -2.10. The highest BCUT2D eigenvalue weighted by Crippen LogP contribution is 2.16. The van der Waals surface area contributed by atoms with E-state index in [9.17, 15) is 4.79 Å². The van der Waals surface area contributed by atoms with Crippen LogP contribution in [0.4, 0.5) is 10.5 Å². The topological polar surface area (TPSA) is 59.2 Å². The van der Waals surface area contributed by atoms with Crippen LogP contribution in [0.15, 0.2) is 18.3 Å². The van der Waals surface area contributed by atoms with Gasteiger partial charge in [-0.15, -0.1) is 0 Å². The minimum absolute atomic E-state index is 0.352. The van der Waals surface area contributed by atoms with Gasteiger partial charge in [0.25, 0.3) is 0 Å². The number of urea groups is 1. The number of pyridine rings is 1. The molecule has 0 saturated carbocycles. The molecule has 6 heteroatoms. The molecule has 0 saturated heterocycles. The zero-order valence-electron chi connectivity index (χ0n) is 5.94. The van der Waals surface area contributed by atoms with Gasteiger partial charge in [0.1, 0.15) is 5.15 Å². The van der Waals surface area contributed by atoms with Crippen molar-refractivity contribution < 1.29 is 4.79 Å². The lowest BCUT2D eigenvalue weighted by Crippen LogP contribution is -2.27. The largest absolute Gasteiger partial charge is 0.350 e. The number of halogens is 1. The van der Waals surface area contributed by atoms with E-state index < -0.39 is 6.03 Å². The Morgan fingerprint density at radius 2 is 2.33 bits per heavy atom. The van der Waals surface area contributed by atoms with Gasteiger partial charge in [-0.05, 0) is 12.1 Å². The fraction of sp³-hybridized carbons (Fsp3) is 0. The van der Waals surface area contributed by atoms with E-state index in [2.05, 4.69) is 17.8 Å². The Bertz CT molecular complexity index is 289. The molecule has 0 bridgehead atoms. The minimum Gasteiger partial charge on any atom is -0.350 e. The molecule has 0 fully saturated rings. The fourth-order valence-electron chi connectivity index (χ4n) is 0.621. The second-order valence-corrected chi connectivity index (χ2v) is 2.78. The van der Waals surface area contributed by atoms with Crippen LogP contribution in [0.3, 0.4) is 0 Å². The molecule has 4 nitrogen and oxygen atoms in total. The smallest absolute Gasteiger partial charge is 0.329 e. The SMILES string of the molecule is NC(=O)N(S)c1ccc(Cl)nc1. The van der Waals surface area contributed by atoms with Gasteiger partial charge in [-0.2, -0.15) is 0 Å². The van der Waals surface area contributed by atoms with Crippen LogP contribution in [0.1, 0.15) is 0 Å². The van der Waals surface area contributed by atoms with Gasteiger partial charge < -0.3 is 5.73 Å². The number of hydrogen-bond acceptors (Lipinski definition) is 3. The highest BCUT2D eigenvalue weighted by atomic mass is 35.5. The summed E-state index contributed by atoms with van der Waals surface area (Å²) >= 11 is 9.35. The van der Waals surface area contributed by atoms with E-state index in [1.54, 1.807) is 12.1 Å². The molecule has 0 spiro atoms. The zero-order chi connectivity index (χ0) is 9.14. The van der Waals surface area contributed by atoms with Crippen LogP contribution < -0.4 is 10.0 Å². The van der Waals surface area contributed by atoms with Crippen molar-refractivity contribution >= 4 is 36.1 Å². The van der Waals surface area contributed by atoms with Crippen LogP contribution in [-0.2, 0) is 0 Å². The number of anilines is 1. The van der Waals surface area contributed by atoms with Gasteiger partial charge in [0.05, 0.1) is 11.9 Å². The number of carbonyl (C=O) groups excluding carboxylic acids is 1. The average molecular weight is 204 g/mol. The summed E-state index contributed by atoms with van der Waals surface area (Å²) in [6.45, 7) is 0. The first-order chi connectivity index (χ1) is 5.61. The number of thiol groups is 1. The van der Waals surface area contributed by atoms with Gasteiger partial charge in [0.2, 0.25) is 0 Å². The Morgan fingerprint density at radius 1 is 1.67 bits per heavy atom. The lowest BCUT2D eigenvalue weighted by atomic mass is 10.4. The second-order valence-electron chi connectivity index (χ2n) is 1.99. The van der Waals surface area contributed by atoms with Gasteiger partial charge in [-0.25, -0.2) is 14.1 Å². The first-order valence-corrected chi connectivity index (χ1v) is 3.79. The van der Waals surface area contributed by atoms with Gasteiger partial charge in [-0.1, -0.05) is 24.4 Å². The zero-order valence-corrected chi connectivity index (χ0v) is 7.59. The van der Waals surface area contributed by atoms with Crippen molar-refractivity contribution in [3.05, 3.63) is 23.5 Å². The molecule has 0 aliphatic rings. The number of primary amides is 1. The third-order valence-electron chi connectivity index (χ3n) is 1.17. The Morgan fingerprint density at radius 3 is 2.75 bits per heavy atom. The van der Waals surface area contributed by atoms with Gasteiger partial charge >= 0.3 is 6.03 Å². The summed E-state index contributed by atoms with van der Waals surface area (Å²) in [5.74, 6) is 0. The summed E-state index contributed by atoms with van der Waals surface area (Å²) in [6.07, 6.45) is 1.40. The molecule has 2 amide bonds. The first-order valence-electron chi connectivity index (χ1n) is 3.01. The van der Waals surface area contributed by atoms with Crippen molar-refractivity contribution in [2.24, 2.45) is 5.73 Å². The number of amides is 2. The molecule has 0 aliphatic heterocycles. The number of nitrogens with zero attached hydrogens (tertiary/aromatic N) is 2. The highest BCUT2D eigenvalue weighted by molar-refractivity contribution is 7.82. The molecule has 2 N–H and O–H groups in total. The quantitative estimate of drug-likeness (QED) is 0.536. The molecular weight excluding hydrogens is 198 g/mol. The Labute approximate surface area is 79.9 Å². The summed E-state index contributed by atoms with van der Waals surface area (Å²) in [4.78, 5) is 14.3. The van der Waals surface area contributed by atoms with E-state index in [0.717, 1.165) is 4.31 Å². The van der Waals surface area contributed by atoms with E-state index in [0.29, 0.717) is 10.8 Å². The summed E-state index contributed by atoms with van der Waals surface area (Å²) in [6, 6.07) is 2.47. The molecule has 64 valence electrons. The molecule has 1 aromatic heterocycles. The fourth-order valence-corrected chi connectivity index (χ4v) is 0.851. The number of carbonyl (C=O) groups is 1. The molecule has 1 aromatic rings. The van der Waals surface area contributed by atoms with E-state index in [1.807, 2.05) is 0 Å². The molecule has 0 radical (unpaired) electrons. The summed E-state index contributed by atoms with van der Waals surface area (Å²) in [7, 11) is 0. The molecule has 0 atom stereocenters. The minimum atomic E-state index is -0.664. The number of rotatable bonds is 1. The maximum atomic E-state index is 10.6. The number of aromatic nitrogens is 1. The molecule has 0 aromatic carbocycles. The summed E-state index contributed by atoms with van der Waals surface area (Å²) in [5.41, 5.74) is 5.44. The third-order valence-corrected chi connectivity index (χ3v) is 1.82. The van der Waals surface area contributed by atoms with Gasteiger partial charge in [-0.3, -0.25) is 0 Å². The van der Waals surface area contributed by atoms with Crippen LogP contribution in [0.25, 0.3) is 0 Å². The van der Waals surface area contributed by atoms with Crippen molar-refractivity contribution in [3.63, 3.8) is 0 Å². The lowest BCUT2D eigenvalue weighted by molar-refractivity contribution is 0.257. The second kappa shape index (κ2) is 3.64. The molecule has 0 unspecified atom stereocenters. The van der Waals surface area contributed by atoms with Crippen molar-refractivity contribution in [1.29, 1.82) is 0 Å². The maximum Gasteiger partial charge on any atom is 0.329 e. The molecule has 1 rings (SSSR count). The van der Waals surface area contributed by atoms with Gasteiger partial charge in [0.15, 0.2) is 0 Å². The highest BCUT2D eigenvalue weighted by Gasteiger charge is 2.06. The van der Waals surface area contributed by atoms with Crippen LogP contribution in [-0.4, -0.2) is 11.0 Å². The molecular formula is C6H6ClN3OS. The van der Waals surface area contributed by atoms with Crippen molar-refractivity contribution in [3.8, 4) is 0 Å². The van der Waals surface area contributed by atoms with E-state index in [4.69, 9.17) is 17.3 Å². The van der Waals surface area contributed by atoms with Gasteiger partial charge in [0, 0.05) is 0 Å². The Kier molecular flexibility index (Phi) is 2.78. The predicted octanol–water partition coefficient (Wildman–Crippen LogP) is 1.46. The molecule has 1 heterocycles. The maximum absolute atomic E-state index is 10.6. The summed E-state index contributed by atoms with van der Waals surface area (Å²) in [5, 5.41) is 0.352. The number of hydrogen-bond donors (Lipinski definition) is 2. The average Bonchev–Trinajstić information content (AvgIpc) is 2.04. The van der Waals surface area contributed by atoms with Crippen LogP contribution in [0.5, 0.6) is 0 Å². The normalized spacial score (nSPS) is 9.50. The molecule has 12 heavy (non-hydrogen) atoms. The monoisotopic (exact) mass is 203 g/mol. The predicted molar refractivity (Wildman–Crippen MR) is 50.3 cm³/mol. The van der Waals surface area contributed by atoms with Crippen molar-refractivity contribution in [2.75, 3.05) is 4.31 Å². The van der Waals surface area contributed by atoms with Crippen LogP contribution >= 0.6 is 24.4 Å². The molecule has 0 aliphatic carbocycles.